The molecule has 0 amide bonds. The van der Waals surface area contributed by atoms with Gasteiger partial charge >= 0.3 is 0 Å². The third kappa shape index (κ3) is 21.2. The van der Waals surface area contributed by atoms with Gasteiger partial charge in [0.15, 0.2) is 0 Å². The van der Waals surface area contributed by atoms with Crippen LogP contribution in [0.5, 0.6) is 0 Å². The van der Waals surface area contributed by atoms with Crippen molar-refractivity contribution in [2.45, 2.75) is 232 Å². The lowest BCUT2D eigenvalue weighted by Crippen LogP contribution is -2.04. The Morgan fingerprint density at radius 1 is 0.400 bits per heavy atom. The van der Waals surface area contributed by atoms with Gasteiger partial charge in [-0.1, -0.05) is 219 Å². The molecular weight excluding hydrogens is 544 g/mol. The summed E-state index contributed by atoms with van der Waals surface area (Å²) in [5.41, 5.74) is 2.55. The molecule has 45 heavy (non-hydrogen) atoms. The summed E-state index contributed by atoms with van der Waals surface area (Å²) in [5, 5.41) is 0. The van der Waals surface area contributed by atoms with Gasteiger partial charge in [-0.05, 0) is 25.0 Å². The summed E-state index contributed by atoms with van der Waals surface area (Å²) in [7, 11) is 0. The number of imidazole rings is 1. The molecule has 2 rings (SSSR count). The van der Waals surface area contributed by atoms with Crippen molar-refractivity contribution in [3.8, 4) is 0 Å². The van der Waals surface area contributed by atoms with Crippen molar-refractivity contribution in [1.29, 1.82) is 0 Å². The van der Waals surface area contributed by atoms with E-state index >= 15 is 0 Å². The smallest absolute Gasteiger partial charge is 0.109 e. The second-order valence-corrected chi connectivity index (χ2v) is 14.5. The van der Waals surface area contributed by atoms with Crippen molar-refractivity contribution >= 4 is 11.0 Å². The zero-order chi connectivity index (χ0) is 31.9. The predicted octanol–water partition coefficient (Wildman–Crippen LogP) is 15.1. The Kier molecular flexibility index (Phi) is 26.6. The third-order valence-electron chi connectivity index (χ3n) is 10.2. The number of benzene rings is 1. The van der Waals surface area contributed by atoms with E-state index in [1.54, 1.807) is 0 Å². The first-order valence-corrected chi connectivity index (χ1v) is 20.8. The van der Waals surface area contributed by atoms with Gasteiger partial charge in [-0.15, -0.1) is 0 Å². The van der Waals surface area contributed by atoms with E-state index < -0.39 is 0 Å². The third-order valence-corrected chi connectivity index (χ3v) is 10.2. The van der Waals surface area contributed by atoms with Crippen molar-refractivity contribution in [2.75, 3.05) is 0 Å². The maximum Gasteiger partial charge on any atom is 0.109 e. The number of aryl methyl sites for hydroxylation is 2. The Bertz CT molecular complexity index is 883. The van der Waals surface area contributed by atoms with Gasteiger partial charge in [-0.3, -0.25) is 0 Å². The molecule has 2 aromatic rings. The van der Waals surface area contributed by atoms with Crippen LogP contribution in [0.2, 0.25) is 0 Å². The van der Waals surface area contributed by atoms with Crippen LogP contribution >= 0.6 is 0 Å². The first-order chi connectivity index (χ1) is 22.4. The number of hydrogen-bond donors (Lipinski definition) is 0. The lowest BCUT2D eigenvalue weighted by molar-refractivity contribution is 0.516. The molecule has 0 saturated heterocycles. The Labute approximate surface area is 282 Å². The molecule has 2 nitrogen and oxygen atoms in total. The van der Waals surface area contributed by atoms with Gasteiger partial charge in [-0.25, -0.2) is 4.98 Å². The summed E-state index contributed by atoms with van der Waals surface area (Å²) in [4.78, 5) is 5.07. The van der Waals surface area contributed by atoms with Crippen molar-refractivity contribution < 1.29 is 0 Å². The Hall–Kier alpha value is -1.31. The van der Waals surface area contributed by atoms with E-state index in [1.807, 2.05) is 0 Å². The molecule has 1 aromatic carbocycles. The quantitative estimate of drug-likeness (QED) is 0.0710. The lowest BCUT2D eigenvalue weighted by atomic mass is 10.0. The molecule has 1 aromatic heterocycles. The van der Waals surface area contributed by atoms with E-state index in [4.69, 9.17) is 4.98 Å². The molecular formula is C43H78N2. The topological polar surface area (TPSA) is 17.8 Å². The number of unbranched alkanes of at least 4 members (excludes halogenated alkanes) is 30. The Morgan fingerprint density at radius 2 is 0.733 bits per heavy atom. The van der Waals surface area contributed by atoms with E-state index in [9.17, 15) is 0 Å². The van der Waals surface area contributed by atoms with Gasteiger partial charge in [0.1, 0.15) is 5.82 Å². The molecule has 0 unspecified atom stereocenters. The lowest BCUT2D eigenvalue weighted by Gasteiger charge is -2.10. The SMILES string of the molecule is CCCCCCCCCCCCCCCCCCc1nc2ccccc2n1CCCCCCCCCCCCCCCCCC. The molecule has 0 aliphatic rings. The molecule has 0 N–H and O–H groups in total. The molecule has 0 spiro atoms. The maximum absolute atomic E-state index is 5.07. The number of fused-ring (bicyclic) bond motifs is 1. The van der Waals surface area contributed by atoms with Crippen LogP contribution in [0.4, 0.5) is 0 Å². The first-order valence-electron chi connectivity index (χ1n) is 20.8. The molecule has 0 saturated carbocycles. The number of aromatic nitrogens is 2. The number of hydrogen-bond acceptors (Lipinski definition) is 1. The van der Waals surface area contributed by atoms with Crippen LogP contribution in [-0.2, 0) is 13.0 Å². The molecule has 1 heterocycles. The highest BCUT2D eigenvalue weighted by molar-refractivity contribution is 5.75. The van der Waals surface area contributed by atoms with Crippen LogP contribution in [0.1, 0.15) is 225 Å². The fourth-order valence-corrected chi connectivity index (χ4v) is 7.21. The molecule has 2 heteroatoms. The zero-order valence-corrected chi connectivity index (χ0v) is 30.7. The summed E-state index contributed by atoms with van der Waals surface area (Å²) in [6, 6.07) is 8.82. The Balaban J connectivity index is 1.45. The van der Waals surface area contributed by atoms with E-state index in [0.717, 1.165) is 13.0 Å². The van der Waals surface area contributed by atoms with Crippen LogP contribution in [0.3, 0.4) is 0 Å². The first kappa shape index (κ1) is 39.9. The van der Waals surface area contributed by atoms with Crippen molar-refractivity contribution in [2.24, 2.45) is 0 Å². The summed E-state index contributed by atoms with van der Waals surface area (Å²) < 4.78 is 2.56. The summed E-state index contributed by atoms with van der Waals surface area (Å²) in [6.45, 7) is 5.76. The monoisotopic (exact) mass is 623 g/mol. The van der Waals surface area contributed by atoms with E-state index in [-0.39, 0.29) is 0 Å². The van der Waals surface area contributed by atoms with Crippen LogP contribution < -0.4 is 0 Å². The maximum atomic E-state index is 5.07. The average Bonchev–Trinajstić information content (AvgIpc) is 3.41. The highest BCUT2D eigenvalue weighted by Gasteiger charge is 2.10. The second kappa shape index (κ2) is 30.1. The zero-order valence-electron chi connectivity index (χ0n) is 30.7. The van der Waals surface area contributed by atoms with Crippen LogP contribution in [0, 0.1) is 0 Å². The van der Waals surface area contributed by atoms with Crippen LogP contribution in [-0.4, -0.2) is 9.55 Å². The van der Waals surface area contributed by atoms with Crippen LogP contribution in [0.15, 0.2) is 24.3 Å². The van der Waals surface area contributed by atoms with Gasteiger partial charge in [-0.2, -0.15) is 0 Å². The van der Waals surface area contributed by atoms with Crippen LogP contribution in [0.25, 0.3) is 11.0 Å². The summed E-state index contributed by atoms with van der Waals surface area (Å²) >= 11 is 0. The van der Waals surface area contributed by atoms with E-state index in [2.05, 4.69) is 42.7 Å². The largest absolute Gasteiger partial charge is 0.328 e. The molecule has 0 aliphatic carbocycles. The number of para-hydroxylation sites is 2. The fourth-order valence-electron chi connectivity index (χ4n) is 7.21. The average molecular weight is 623 g/mol. The van der Waals surface area contributed by atoms with Crippen molar-refractivity contribution in [1.82, 2.24) is 9.55 Å². The molecule has 260 valence electrons. The van der Waals surface area contributed by atoms with Gasteiger partial charge in [0, 0.05) is 13.0 Å². The second-order valence-electron chi connectivity index (χ2n) is 14.5. The Morgan fingerprint density at radius 3 is 1.13 bits per heavy atom. The van der Waals surface area contributed by atoms with Gasteiger partial charge in [0.2, 0.25) is 0 Å². The van der Waals surface area contributed by atoms with Gasteiger partial charge in [0.25, 0.3) is 0 Å². The summed E-state index contributed by atoms with van der Waals surface area (Å²) in [5.74, 6) is 1.34. The molecule has 0 bridgehead atoms. The number of rotatable bonds is 34. The molecule has 0 atom stereocenters. The van der Waals surface area contributed by atoms with Gasteiger partial charge in [0.05, 0.1) is 11.0 Å². The molecule has 0 aliphatic heterocycles. The molecule has 0 fully saturated rings. The van der Waals surface area contributed by atoms with Gasteiger partial charge < -0.3 is 4.57 Å². The number of nitrogens with zero attached hydrogens (tertiary/aromatic N) is 2. The fraction of sp³-hybridized carbons (Fsp3) is 0.837. The highest BCUT2D eigenvalue weighted by atomic mass is 15.1. The minimum absolute atomic E-state index is 1.14. The van der Waals surface area contributed by atoms with E-state index in [1.165, 1.54) is 222 Å². The van der Waals surface area contributed by atoms with E-state index in [0.29, 0.717) is 0 Å². The molecule has 0 radical (unpaired) electrons. The van der Waals surface area contributed by atoms with Crippen molar-refractivity contribution in [3.05, 3.63) is 30.1 Å². The summed E-state index contributed by atoms with van der Waals surface area (Å²) in [6.07, 6.45) is 46.9. The van der Waals surface area contributed by atoms with Crippen molar-refractivity contribution in [3.63, 3.8) is 0 Å². The minimum atomic E-state index is 1.14. The highest BCUT2D eigenvalue weighted by Crippen LogP contribution is 2.21. The minimum Gasteiger partial charge on any atom is -0.328 e. The standard InChI is InChI=1S/C43H78N2/c1-3-5-7-9-11-13-15-17-19-21-23-25-27-29-31-33-39-43-44-41-37-34-35-38-42(41)45(43)40-36-32-30-28-26-24-22-20-18-16-14-12-10-8-6-4-2/h34-35,37-38H,3-33,36,39-40H2,1-2H3. The predicted molar refractivity (Wildman–Crippen MR) is 203 cm³/mol. The normalized spacial score (nSPS) is 11.7.